The van der Waals surface area contributed by atoms with Crippen molar-refractivity contribution in [3.63, 3.8) is 0 Å². The molecule has 0 radical (unpaired) electrons. The molecule has 0 N–H and O–H groups in total. The van der Waals surface area contributed by atoms with Crippen LogP contribution in [0.25, 0.3) is 0 Å². The standard InChI is InChI=1S/C11H18/c1-8(2)11-7-9-3-5-10(11)6-4-9/h9-11H,1,3-7H2,2H3. The molecule has 0 heteroatoms. The highest BCUT2D eigenvalue weighted by molar-refractivity contribution is 5.03. The van der Waals surface area contributed by atoms with Crippen LogP contribution in [0.5, 0.6) is 0 Å². The van der Waals surface area contributed by atoms with Crippen molar-refractivity contribution < 1.29 is 0 Å². The minimum Gasteiger partial charge on any atom is -0.0999 e. The van der Waals surface area contributed by atoms with Crippen LogP contribution in [0.15, 0.2) is 12.2 Å². The van der Waals surface area contributed by atoms with Crippen molar-refractivity contribution in [3.8, 4) is 0 Å². The van der Waals surface area contributed by atoms with Gasteiger partial charge in [0.25, 0.3) is 0 Å². The third kappa shape index (κ3) is 1.23. The molecule has 0 saturated heterocycles. The molecule has 3 rings (SSSR count). The second-order valence-corrected chi connectivity index (χ2v) is 4.47. The number of hydrogen-bond acceptors (Lipinski definition) is 0. The van der Waals surface area contributed by atoms with E-state index in [1.807, 2.05) is 0 Å². The highest BCUT2D eigenvalue weighted by Crippen LogP contribution is 2.47. The van der Waals surface area contributed by atoms with Crippen LogP contribution >= 0.6 is 0 Å². The Labute approximate surface area is 69.7 Å². The summed E-state index contributed by atoms with van der Waals surface area (Å²) in [4.78, 5) is 0. The van der Waals surface area contributed by atoms with E-state index in [9.17, 15) is 0 Å². The number of rotatable bonds is 1. The van der Waals surface area contributed by atoms with Gasteiger partial charge in [0.15, 0.2) is 0 Å². The summed E-state index contributed by atoms with van der Waals surface area (Å²) < 4.78 is 0. The predicted octanol–water partition coefficient (Wildman–Crippen LogP) is 3.39. The van der Waals surface area contributed by atoms with E-state index in [0.29, 0.717) is 0 Å². The summed E-state index contributed by atoms with van der Waals surface area (Å²) in [5.74, 6) is 2.96. The van der Waals surface area contributed by atoms with E-state index in [2.05, 4.69) is 13.5 Å². The lowest BCUT2D eigenvalue weighted by Crippen LogP contribution is -2.31. The third-order valence-electron chi connectivity index (χ3n) is 3.68. The summed E-state index contributed by atoms with van der Waals surface area (Å²) in [7, 11) is 0. The van der Waals surface area contributed by atoms with Crippen molar-refractivity contribution in [2.75, 3.05) is 0 Å². The highest BCUT2D eigenvalue weighted by Gasteiger charge is 2.35. The van der Waals surface area contributed by atoms with Gasteiger partial charge >= 0.3 is 0 Å². The van der Waals surface area contributed by atoms with Crippen molar-refractivity contribution >= 4 is 0 Å². The second-order valence-electron chi connectivity index (χ2n) is 4.47. The van der Waals surface area contributed by atoms with Crippen molar-refractivity contribution in [1.29, 1.82) is 0 Å². The first-order valence-electron chi connectivity index (χ1n) is 4.93. The fourth-order valence-electron chi connectivity index (χ4n) is 2.98. The predicted molar refractivity (Wildman–Crippen MR) is 48.4 cm³/mol. The molecule has 3 aliphatic rings. The van der Waals surface area contributed by atoms with E-state index in [0.717, 1.165) is 17.8 Å². The summed E-state index contributed by atoms with van der Waals surface area (Å²) in [6.07, 6.45) is 7.45. The molecule has 0 aliphatic heterocycles. The van der Waals surface area contributed by atoms with Crippen LogP contribution < -0.4 is 0 Å². The van der Waals surface area contributed by atoms with Gasteiger partial charge in [0, 0.05) is 0 Å². The van der Waals surface area contributed by atoms with Gasteiger partial charge in [-0.3, -0.25) is 0 Å². The van der Waals surface area contributed by atoms with Gasteiger partial charge in [-0.1, -0.05) is 25.0 Å². The molecule has 62 valence electrons. The van der Waals surface area contributed by atoms with Gasteiger partial charge in [-0.2, -0.15) is 0 Å². The molecule has 0 amide bonds. The zero-order valence-corrected chi connectivity index (χ0v) is 7.47. The summed E-state index contributed by atoms with van der Waals surface area (Å²) in [6, 6.07) is 0. The minimum atomic E-state index is 0.891. The summed E-state index contributed by atoms with van der Waals surface area (Å²) in [6.45, 7) is 6.31. The average molecular weight is 150 g/mol. The Morgan fingerprint density at radius 1 is 1.18 bits per heavy atom. The molecule has 0 nitrogen and oxygen atoms in total. The Morgan fingerprint density at radius 2 is 1.82 bits per heavy atom. The smallest absolute Gasteiger partial charge is 0.0178 e. The van der Waals surface area contributed by atoms with Gasteiger partial charge in [0.1, 0.15) is 0 Å². The maximum absolute atomic E-state index is 4.10. The van der Waals surface area contributed by atoms with Crippen molar-refractivity contribution in [3.05, 3.63) is 12.2 Å². The Kier molecular flexibility index (Phi) is 1.78. The molecule has 3 fully saturated rings. The Bertz CT molecular complexity index is 161. The fraction of sp³-hybridized carbons (Fsp3) is 0.818. The fourth-order valence-corrected chi connectivity index (χ4v) is 2.98. The Balaban J connectivity index is 2.08. The topological polar surface area (TPSA) is 0 Å². The Morgan fingerprint density at radius 3 is 2.09 bits per heavy atom. The van der Waals surface area contributed by atoms with Crippen molar-refractivity contribution in [2.45, 2.75) is 39.0 Å². The van der Waals surface area contributed by atoms with Crippen LogP contribution in [0, 0.1) is 17.8 Å². The largest absolute Gasteiger partial charge is 0.0999 e. The van der Waals surface area contributed by atoms with Crippen LogP contribution in [0.2, 0.25) is 0 Å². The van der Waals surface area contributed by atoms with Gasteiger partial charge in [-0.15, -0.1) is 0 Å². The lowest BCUT2D eigenvalue weighted by atomic mass is 9.63. The average Bonchev–Trinajstić information content (AvgIpc) is 2.06. The quantitative estimate of drug-likeness (QED) is 0.503. The molecule has 0 aromatic carbocycles. The maximum atomic E-state index is 4.10. The normalized spacial score (nSPS) is 42.5. The monoisotopic (exact) mass is 150 g/mol. The summed E-state index contributed by atoms with van der Waals surface area (Å²) >= 11 is 0. The SMILES string of the molecule is C=C(C)C1CC2CCC1CC2. The van der Waals surface area contributed by atoms with Crippen LogP contribution in [-0.2, 0) is 0 Å². The van der Waals surface area contributed by atoms with E-state index in [-0.39, 0.29) is 0 Å². The molecule has 11 heavy (non-hydrogen) atoms. The van der Waals surface area contributed by atoms with E-state index >= 15 is 0 Å². The zero-order chi connectivity index (χ0) is 7.84. The van der Waals surface area contributed by atoms with Crippen LogP contribution in [0.4, 0.5) is 0 Å². The first-order valence-corrected chi connectivity index (χ1v) is 4.93. The number of fused-ring (bicyclic) bond motifs is 3. The highest BCUT2D eigenvalue weighted by atomic mass is 14.4. The summed E-state index contributed by atoms with van der Waals surface area (Å²) in [5.41, 5.74) is 1.44. The van der Waals surface area contributed by atoms with Crippen LogP contribution in [-0.4, -0.2) is 0 Å². The van der Waals surface area contributed by atoms with Crippen LogP contribution in [0.1, 0.15) is 39.0 Å². The van der Waals surface area contributed by atoms with Crippen LogP contribution in [0.3, 0.4) is 0 Å². The van der Waals surface area contributed by atoms with E-state index < -0.39 is 0 Å². The molecular formula is C11H18. The number of allylic oxidation sites excluding steroid dienone is 1. The Hall–Kier alpha value is -0.260. The second kappa shape index (κ2) is 2.66. The molecular weight excluding hydrogens is 132 g/mol. The first-order chi connectivity index (χ1) is 5.27. The van der Waals surface area contributed by atoms with E-state index in [1.54, 1.807) is 0 Å². The van der Waals surface area contributed by atoms with Gasteiger partial charge in [-0.25, -0.2) is 0 Å². The molecule has 0 aromatic heterocycles. The van der Waals surface area contributed by atoms with Crippen molar-refractivity contribution in [2.24, 2.45) is 17.8 Å². The molecule has 3 saturated carbocycles. The molecule has 0 heterocycles. The molecule has 0 spiro atoms. The van der Waals surface area contributed by atoms with E-state index in [1.165, 1.54) is 37.7 Å². The first kappa shape index (κ1) is 7.39. The van der Waals surface area contributed by atoms with E-state index in [4.69, 9.17) is 0 Å². The molecule has 1 atom stereocenters. The molecule has 1 unspecified atom stereocenters. The minimum absolute atomic E-state index is 0.891. The summed E-state index contributed by atoms with van der Waals surface area (Å²) in [5, 5.41) is 0. The maximum Gasteiger partial charge on any atom is -0.0178 e. The van der Waals surface area contributed by atoms with Gasteiger partial charge in [0.05, 0.1) is 0 Å². The van der Waals surface area contributed by atoms with Gasteiger partial charge < -0.3 is 0 Å². The number of hydrogen-bond donors (Lipinski definition) is 0. The lowest BCUT2D eigenvalue weighted by Gasteiger charge is -2.42. The van der Waals surface area contributed by atoms with Gasteiger partial charge in [0.2, 0.25) is 0 Å². The van der Waals surface area contributed by atoms with Crippen molar-refractivity contribution in [1.82, 2.24) is 0 Å². The van der Waals surface area contributed by atoms with Gasteiger partial charge in [-0.05, 0) is 43.9 Å². The molecule has 2 bridgehead atoms. The molecule has 3 aliphatic carbocycles. The zero-order valence-electron chi connectivity index (χ0n) is 7.47. The third-order valence-corrected chi connectivity index (χ3v) is 3.68. The lowest BCUT2D eigenvalue weighted by molar-refractivity contribution is 0.121. The molecule has 0 aromatic rings.